The van der Waals surface area contributed by atoms with Gasteiger partial charge in [-0.3, -0.25) is 14.4 Å². The van der Waals surface area contributed by atoms with Crippen LogP contribution in [0.4, 0.5) is 5.69 Å². The van der Waals surface area contributed by atoms with Crippen molar-refractivity contribution < 1.29 is 14.4 Å². The lowest BCUT2D eigenvalue weighted by Gasteiger charge is -2.33. The number of likely N-dealkylation sites (tertiary alicyclic amines) is 1. The van der Waals surface area contributed by atoms with Crippen molar-refractivity contribution in [1.82, 2.24) is 10.2 Å². The maximum Gasteiger partial charge on any atom is 0.263 e. The Hall–Kier alpha value is -2.67. The van der Waals surface area contributed by atoms with Crippen LogP contribution in [0, 0.1) is 0 Å². The van der Waals surface area contributed by atoms with Crippen molar-refractivity contribution in [1.29, 1.82) is 0 Å². The van der Waals surface area contributed by atoms with Crippen LogP contribution in [0.15, 0.2) is 41.8 Å². The zero-order valence-corrected chi connectivity index (χ0v) is 17.5. The van der Waals surface area contributed by atoms with Crippen LogP contribution in [0.1, 0.15) is 59.1 Å². The third-order valence-electron chi connectivity index (χ3n) is 4.94. The van der Waals surface area contributed by atoms with E-state index >= 15 is 0 Å². The lowest BCUT2D eigenvalue weighted by atomic mass is 10.0. The smallest absolute Gasteiger partial charge is 0.263 e. The van der Waals surface area contributed by atoms with E-state index in [1.165, 1.54) is 11.3 Å². The average molecular weight is 414 g/mol. The Morgan fingerprint density at radius 2 is 2.07 bits per heavy atom. The molecule has 1 aromatic heterocycles. The molecule has 0 bridgehead atoms. The number of rotatable bonds is 7. The van der Waals surface area contributed by atoms with Crippen LogP contribution >= 0.6 is 11.3 Å². The fourth-order valence-electron chi connectivity index (χ4n) is 3.40. The second-order valence-electron chi connectivity index (χ2n) is 7.27. The number of piperidine rings is 1. The average Bonchev–Trinajstić information content (AvgIpc) is 3.27. The van der Waals surface area contributed by atoms with E-state index in [0.717, 1.165) is 30.6 Å². The second-order valence-corrected chi connectivity index (χ2v) is 8.22. The fraction of sp³-hybridized carbons (Fsp3) is 0.409. The summed E-state index contributed by atoms with van der Waals surface area (Å²) in [6.45, 7) is 3.26. The van der Waals surface area contributed by atoms with E-state index in [-0.39, 0.29) is 23.8 Å². The molecule has 2 N–H and O–H groups in total. The molecule has 0 spiro atoms. The topological polar surface area (TPSA) is 78.5 Å². The number of thiophene rings is 1. The molecule has 6 nitrogen and oxygen atoms in total. The summed E-state index contributed by atoms with van der Waals surface area (Å²) < 4.78 is 0. The summed E-state index contributed by atoms with van der Waals surface area (Å²) in [6, 6.07) is 10.6. The van der Waals surface area contributed by atoms with Crippen LogP contribution < -0.4 is 10.6 Å². The molecule has 1 aliphatic rings. The summed E-state index contributed by atoms with van der Waals surface area (Å²) in [6.07, 6.45) is 3.98. The number of nitrogens with zero attached hydrogens (tertiary/aromatic N) is 1. The molecule has 29 heavy (non-hydrogen) atoms. The molecule has 2 heterocycles. The lowest BCUT2D eigenvalue weighted by molar-refractivity contribution is -0.116. The molecule has 3 amide bonds. The van der Waals surface area contributed by atoms with E-state index in [1.54, 1.807) is 24.3 Å². The second kappa shape index (κ2) is 10.2. The van der Waals surface area contributed by atoms with Crippen molar-refractivity contribution in [3.8, 4) is 0 Å². The van der Waals surface area contributed by atoms with Gasteiger partial charge in [-0.1, -0.05) is 25.5 Å². The van der Waals surface area contributed by atoms with E-state index < -0.39 is 0 Å². The molecule has 7 heteroatoms. The molecule has 0 unspecified atom stereocenters. The van der Waals surface area contributed by atoms with Crippen LogP contribution in [0.5, 0.6) is 0 Å². The van der Waals surface area contributed by atoms with E-state index in [0.29, 0.717) is 30.8 Å². The standard InChI is InChI=1S/C22H27N3O3S/c1-2-3-11-20(26)23-17-8-4-7-16(14-17)21(27)24-18-9-5-12-25(15-18)22(28)19-10-6-13-29-19/h4,6-8,10,13-14,18H,2-3,5,9,11-12,15H2,1H3,(H,23,26)(H,24,27)/t18-/m0/s1. The number of amides is 3. The van der Waals surface area contributed by atoms with Gasteiger partial charge in [0.2, 0.25) is 5.91 Å². The van der Waals surface area contributed by atoms with Gasteiger partial charge in [0.1, 0.15) is 0 Å². The number of anilines is 1. The van der Waals surface area contributed by atoms with Crippen molar-refractivity contribution in [2.45, 2.75) is 45.1 Å². The van der Waals surface area contributed by atoms with Gasteiger partial charge >= 0.3 is 0 Å². The summed E-state index contributed by atoms with van der Waals surface area (Å²) in [5.74, 6) is -0.208. The Balaban J connectivity index is 1.57. The van der Waals surface area contributed by atoms with Gasteiger partial charge in [-0.05, 0) is 48.9 Å². The minimum atomic E-state index is -0.190. The highest BCUT2D eigenvalue weighted by atomic mass is 32.1. The van der Waals surface area contributed by atoms with Crippen LogP contribution in [0.25, 0.3) is 0 Å². The van der Waals surface area contributed by atoms with Crippen LogP contribution in [0.2, 0.25) is 0 Å². The highest BCUT2D eigenvalue weighted by Gasteiger charge is 2.26. The molecule has 1 fully saturated rings. The summed E-state index contributed by atoms with van der Waals surface area (Å²) in [5, 5.41) is 7.77. The van der Waals surface area contributed by atoms with Crippen molar-refractivity contribution in [2.24, 2.45) is 0 Å². The summed E-state index contributed by atoms with van der Waals surface area (Å²) in [4.78, 5) is 39.7. The third-order valence-corrected chi connectivity index (χ3v) is 5.80. The Kier molecular flexibility index (Phi) is 7.41. The number of nitrogens with one attached hydrogen (secondary N) is 2. The van der Waals surface area contributed by atoms with Gasteiger partial charge in [0.05, 0.1) is 4.88 Å². The number of hydrogen-bond donors (Lipinski definition) is 2. The molecule has 1 aliphatic heterocycles. The van der Waals surface area contributed by atoms with E-state index in [1.807, 2.05) is 29.3 Å². The Labute approximate surface area is 175 Å². The number of benzene rings is 1. The van der Waals surface area contributed by atoms with Gasteiger partial charge in [0, 0.05) is 36.8 Å². The van der Waals surface area contributed by atoms with Crippen molar-refractivity contribution in [3.05, 3.63) is 52.2 Å². The first-order valence-corrected chi connectivity index (χ1v) is 11.0. The molecular formula is C22H27N3O3S. The summed E-state index contributed by atoms with van der Waals surface area (Å²) >= 11 is 1.43. The molecule has 0 saturated carbocycles. The minimum absolute atomic E-state index is 0.0238. The Bertz CT molecular complexity index is 851. The molecule has 1 atom stereocenters. The number of unbranched alkanes of at least 4 members (excludes halogenated alkanes) is 1. The van der Waals surface area contributed by atoms with Gasteiger partial charge in [-0.15, -0.1) is 11.3 Å². The number of carbonyl (C=O) groups is 3. The maximum absolute atomic E-state index is 12.7. The zero-order chi connectivity index (χ0) is 20.6. The van der Waals surface area contributed by atoms with E-state index in [2.05, 4.69) is 10.6 Å². The molecule has 0 aliphatic carbocycles. The Morgan fingerprint density at radius 3 is 2.83 bits per heavy atom. The molecule has 1 aromatic carbocycles. The van der Waals surface area contributed by atoms with Crippen molar-refractivity contribution >= 4 is 34.7 Å². The monoisotopic (exact) mass is 413 g/mol. The third kappa shape index (κ3) is 5.90. The van der Waals surface area contributed by atoms with Gasteiger partial charge in [-0.2, -0.15) is 0 Å². The van der Waals surface area contributed by atoms with Gasteiger partial charge in [0.25, 0.3) is 11.8 Å². The highest BCUT2D eigenvalue weighted by molar-refractivity contribution is 7.12. The quantitative estimate of drug-likeness (QED) is 0.722. The first-order chi connectivity index (χ1) is 14.1. The number of hydrogen-bond acceptors (Lipinski definition) is 4. The summed E-state index contributed by atoms with van der Waals surface area (Å²) in [7, 11) is 0. The summed E-state index contributed by atoms with van der Waals surface area (Å²) in [5.41, 5.74) is 1.12. The molecule has 0 radical (unpaired) electrons. The predicted molar refractivity (Wildman–Crippen MR) is 115 cm³/mol. The van der Waals surface area contributed by atoms with Gasteiger partial charge in [0.15, 0.2) is 0 Å². The van der Waals surface area contributed by atoms with Crippen LogP contribution in [-0.4, -0.2) is 41.8 Å². The first kappa shape index (κ1) is 21.0. The van der Waals surface area contributed by atoms with E-state index in [9.17, 15) is 14.4 Å². The zero-order valence-electron chi connectivity index (χ0n) is 16.6. The van der Waals surface area contributed by atoms with Gasteiger partial charge < -0.3 is 15.5 Å². The SMILES string of the molecule is CCCCC(=O)Nc1cccc(C(=O)N[C@H]2CCCN(C(=O)c3cccs3)C2)c1. The number of carbonyl (C=O) groups excluding carboxylic acids is 3. The Morgan fingerprint density at radius 1 is 1.21 bits per heavy atom. The van der Waals surface area contributed by atoms with Crippen molar-refractivity contribution in [2.75, 3.05) is 18.4 Å². The molecule has 2 aromatic rings. The normalized spacial score (nSPS) is 16.3. The highest BCUT2D eigenvalue weighted by Crippen LogP contribution is 2.18. The largest absolute Gasteiger partial charge is 0.348 e. The first-order valence-electron chi connectivity index (χ1n) is 10.1. The maximum atomic E-state index is 12.7. The minimum Gasteiger partial charge on any atom is -0.348 e. The van der Waals surface area contributed by atoms with Crippen LogP contribution in [-0.2, 0) is 4.79 Å². The molecule has 154 valence electrons. The molecule has 3 rings (SSSR count). The van der Waals surface area contributed by atoms with Crippen LogP contribution in [0.3, 0.4) is 0 Å². The molecule has 1 saturated heterocycles. The van der Waals surface area contributed by atoms with E-state index in [4.69, 9.17) is 0 Å². The lowest BCUT2D eigenvalue weighted by Crippen LogP contribution is -2.49. The van der Waals surface area contributed by atoms with Gasteiger partial charge in [-0.25, -0.2) is 0 Å². The predicted octanol–water partition coefficient (Wildman–Crippen LogP) is 3.91. The van der Waals surface area contributed by atoms with Crippen molar-refractivity contribution in [3.63, 3.8) is 0 Å². The fourth-order valence-corrected chi connectivity index (χ4v) is 4.09. The molecular weight excluding hydrogens is 386 g/mol.